The van der Waals surface area contributed by atoms with Gasteiger partial charge in [-0.3, -0.25) is 4.90 Å². The van der Waals surface area contributed by atoms with Gasteiger partial charge in [-0.15, -0.1) is 0 Å². The van der Waals surface area contributed by atoms with E-state index in [9.17, 15) is 5.11 Å². The monoisotopic (exact) mass is 274 g/mol. The van der Waals surface area contributed by atoms with Gasteiger partial charge in [0.2, 0.25) is 0 Å². The van der Waals surface area contributed by atoms with Crippen molar-refractivity contribution in [1.82, 2.24) is 4.90 Å². The van der Waals surface area contributed by atoms with Crippen molar-refractivity contribution < 1.29 is 5.11 Å². The van der Waals surface area contributed by atoms with Gasteiger partial charge in [0.1, 0.15) is 0 Å². The number of aliphatic hydroxyl groups excluding tert-OH is 1. The lowest BCUT2D eigenvalue weighted by Crippen LogP contribution is -2.36. The van der Waals surface area contributed by atoms with Crippen LogP contribution in [0.1, 0.15) is 57.3 Å². The van der Waals surface area contributed by atoms with Gasteiger partial charge in [0.15, 0.2) is 0 Å². The predicted molar refractivity (Wildman–Crippen MR) is 82.4 cm³/mol. The Hall–Kier alpha value is -1.37. The maximum Gasteiger partial charge on any atom is 0.0991 e. The average Bonchev–Trinajstić information content (AvgIpc) is 2.50. The van der Waals surface area contributed by atoms with Crippen LogP contribution in [-0.2, 0) is 0 Å². The molecule has 1 rings (SSSR count). The maximum absolute atomic E-state index is 10.4. The first-order valence-electron chi connectivity index (χ1n) is 7.54. The number of unbranched alkanes of at least 4 members (excludes halogenated alkanes) is 1. The minimum absolute atomic E-state index is 0.481. The molecule has 1 aromatic rings. The van der Waals surface area contributed by atoms with Crippen LogP contribution in [0.25, 0.3) is 0 Å². The summed E-state index contributed by atoms with van der Waals surface area (Å²) in [5, 5.41) is 19.2. The van der Waals surface area contributed by atoms with E-state index < -0.39 is 6.10 Å². The van der Waals surface area contributed by atoms with Gasteiger partial charge in [0.05, 0.1) is 17.7 Å². The number of rotatable bonds is 8. The molecule has 0 spiro atoms. The Balaban J connectivity index is 2.68. The van der Waals surface area contributed by atoms with Crippen LogP contribution in [0.15, 0.2) is 24.3 Å². The van der Waals surface area contributed by atoms with Crippen molar-refractivity contribution in [2.24, 2.45) is 0 Å². The highest BCUT2D eigenvalue weighted by molar-refractivity contribution is 5.32. The normalized spacial score (nSPS) is 14.0. The van der Waals surface area contributed by atoms with Crippen LogP contribution >= 0.6 is 0 Å². The molecule has 110 valence electrons. The molecular weight excluding hydrogens is 248 g/mol. The Kier molecular flexibility index (Phi) is 7.28. The van der Waals surface area contributed by atoms with Crippen molar-refractivity contribution in [3.8, 4) is 6.07 Å². The summed E-state index contributed by atoms with van der Waals surface area (Å²) in [5.41, 5.74) is 1.51. The lowest BCUT2D eigenvalue weighted by Gasteiger charge is -2.30. The largest absolute Gasteiger partial charge is 0.387 e. The topological polar surface area (TPSA) is 47.3 Å². The second-order valence-corrected chi connectivity index (χ2v) is 5.36. The quantitative estimate of drug-likeness (QED) is 0.789. The van der Waals surface area contributed by atoms with Gasteiger partial charge in [0, 0.05) is 12.6 Å². The second kappa shape index (κ2) is 8.73. The SMILES string of the molecule is CCCCN(CC(O)c1ccc(C#N)cc1)C(C)CC. The minimum atomic E-state index is -0.492. The van der Waals surface area contributed by atoms with Crippen LogP contribution in [0.5, 0.6) is 0 Å². The molecule has 0 saturated carbocycles. The van der Waals surface area contributed by atoms with Crippen molar-refractivity contribution in [1.29, 1.82) is 5.26 Å². The Labute approximate surface area is 122 Å². The predicted octanol–water partition coefficient (Wildman–Crippen LogP) is 3.49. The Bertz CT molecular complexity index is 422. The number of hydrogen-bond donors (Lipinski definition) is 1. The van der Waals surface area contributed by atoms with Crippen molar-refractivity contribution >= 4 is 0 Å². The molecule has 3 nitrogen and oxygen atoms in total. The first-order chi connectivity index (χ1) is 9.62. The highest BCUT2D eigenvalue weighted by Gasteiger charge is 2.17. The highest BCUT2D eigenvalue weighted by atomic mass is 16.3. The summed E-state index contributed by atoms with van der Waals surface area (Å²) in [6.45, 7) is 8.25. The fraction of sp³-hybridized carbons (Fsp3) is 0.588. The van der Waals surface area contributed by atoms with Crippen LogP contribution in [0.2, 0.25) is 0 Å². The van der Waals surface area contributed by atoms with Crippen molar-refractivity contribution in [3.63, 3.8) is 0 Å². The third kappa shape index (κ3) is 4.96. The van der Waals surface area contributed by atoms with E-state index in [0.717, 1.165) is 24.9 Å². The molecule has 0 saturated heterocycles. The van der Waals surface area contributed by atoms with Crippen LogP contribution in [0.4, 0.5) is 0 Å². The van der Waals surface area contributed by atoms with E-state index in [1.54, 1.807) is 12.1 Å². The molecule has 0 radical (unpaired) electrons. The second-order valence-electron chi connectivity index (χ2n) is 5.36. The number of benzene rings is 1. The Morgan fingerprint density at radius 2 is 1.90 bits per heavy atom. The van der Waals surface area contributed by atoms with Crippen molar-refractivity contribution in [3.05, 3.63) is 35.4 Å². The molecule has 20 heavy (non-hydrogen) atoms. The molecule has 1 N–H and O–H groups in total. The summed E-state index contributed by atoms with van der Waals surface area (Å²) in [4.78, 5) is 2.35. The molecule has 2 atom stereocenters. The number of nitriles is 1. The van der Waals surface area contributed by atoms with Gasteiger partial charge in [-0.05, 0) is 44.0 Å². The molecule has 0 aliphatic rings. The third-order valence-electron chi connectivity index (χ3n) is 3.85. The van der Waals surface area contributed by atoms with Crippen LogP contribution in [0.3, 0.4) is 0 Å². The fourth-order valence-corrected chi connectivity index (χ4v) is 2.22. The molecule has 0 aromatic heterocycles. The van der Waals surface area contributed by atoms with Crippen LogP contribution in [-0.4, -0.2) is 29.1 Å². The molecular formula is C17H26N2O. The van der Waals surface area contributed by atoms with Gasteiger partial charge < -0.3 is 5.11 Å². The van der Waals surface area contributed by atoms with Gasteiger partial charge in [-0.25, -0.2) is 0 Å². The standard InChI is InChI=1S/C17H26N2O/c1-4-6-11-19(14(3)5-2)13-17(20)16-9-7-15(12-18)8-10-16/h7-10,14,17,20H,4-6,11,13H2,1-3H3. The van der Waals surface area contributed by atoms with Gasteiger partial charge in [0.25, 0.3) is 0 Å². The summed E-state index contributed by atoms with van der Waals surface area (Å²) < 4.78 is 0. The van der Waals surface area contributed by atoms with Gasteiger partial charge in [-0.1, -0.05) is 32.4 Å². The van der Waals surface area contributed by atoms with Crippen molar-refractivity contribution in [2.75, 3.05) is 13.1 Å². The summed E-state index contributed by atoms with van der Waals surface area (Å²) in [6.07, 6.45) is 2.92. The molecule has 0 aliphatic carbocycles. The summed E-state index contributed by atoms with van der Waals surface area (Å²) in [5.74, 6) is 0. The first kappa shape index (κ1) is 16.7. The number of aliphatic hydroxyl groups is 1. The van der Waals surface area contributed by atoms with E-state index in [0.29, 0.717) is 18.2 Å². The summed E-state index contributed by atoms with van der Waals surface area (Å²) in [7, 11) is 0. The van der Waals surface area contributed by atoms with Crippen molar-refractivity contribution in [2.45, 2.75) is 52.2 Å². The zero-order chi connectivity index (χ0) is 15.0. The highest BCUT2D eigenvalue weighted by Crippen LogP contribution is 2.17. The van der Waals surface area contributed by atoms with Crippen LogP contribution in [0, 0.1) is 11.3 Å². The van der Waals surface area contributed by atoms with E-state index in [2.05, 4.69) is 31.7 Å². The molecule has 2 unspecified atom stereocenters. The van der Waals surface area contributed by atoms with Gasteiger partial charge >= 0.3 is 0 Å². The number of nitrogens with zero attached hydrogens (tertiary/aromatic N) is 2. The minimum Gasteiger partial charge on any atom is -0.387 e. The smallest absolute Gasteiger partial charge is 0.0991 e. The number of hydrogen-bond acceptors (Lipinski definition) is 3. The Morgan fingerprint density at radius 3 is 2.40 bits per heavy atom. The molecule has 0 bridgehead atoms. The third-order valence-corrected chi connectivity index (χ3v) is 3.85. The van der Waals surface area contributed by atoms with E-state index in [1.165, 1.54) is 6.42 Å². The lowest BCUT2D eigenvalue weighted by molar-refractivity contribution is 0.0887. The fourth-order valence-electron chi connectivity index (χ4n) is 2.22. The summed E-state index contributed by atoms with van der Waals surface area (Å²) in [6, 6.07) is 9.79. The van der Waals surface area contributed by atoms with Gasteiger partial charge in [-0.2, -0.15) is 5.26 Å². The molecule has 1 aromatic carbocycles. The van der Waals surface area contributed by atoms with Crippen LogP contribution < -0.4 is 0 Å². The van der Waals surface area contributed by atoms with E-state index >= 15 is 0 Å². The van der Waals surface area contributed by atoms with E-state index in [1.807, 2.05) is 12.1 Å². The Morgan fingerprint density at radius 1 is 1.25 bits per heavy atom. The molecule has 0 amide bonds. The molecule has 3 heteroatoms. The average molecular weight is 274 g/mol. The molecule has 0 fully saturated rings. The molecule has 0 aliphatic heterocycles. The zero-order valence-electron chi connectivity index (χ0n) is 12.8. The van der Waals surface area contributed by atoms with E-state index in [4.69, 9.17) is 5.26 Å². The molecule has 0 heterocycles. The summed E-state index contributed by atoms with van der Waals surface area (Å²) >= 11 is 0. The zero-order valence-corrected chi connectivity index (χ0v) is 12.8. The lowest BCUT2D eigenvalue weighted by atomic mass is 10.1. The maximum atomic E-state index is 10.4. The van der Waals surface area contributed by atoms with E-state index in [-0.39, 0.29) is 0 Å². The first-order valence-corrected chi connectivity index (χ1v) is 7.54.